The van der Waals surface area contributed by atoms with Crippen LogP contribution in [0.1, 0.15) is 45.2 Å². The van der Waals surface area contributed by atoms with Gasteiger partial charge < -0.3 is 16.8 Å². The summed E-state index contributed by atoms with van der Waals surface area (Å²) >= 11 is 0. The Morgan fingerprint density at radius 2 is 2.00 bits per heavy atom. The minimum atomic E-state index is 0. The van der Waals surface area contributed by atoms with Gasteiger partial charge in [-0.1, -0.05) is 30.3 Å². The van der Waals surface area contributed by atoms with Crippen LogP contribution in [0.4, 0.5) is 0 Å². The number of aliphatic hydroxyl groups excluding tert-OH is 1. The second-order valence-corrected chi connectivity index (χ2v) is 5.09. The third kappa shape index (κ3) is 6.34. The van der Waals surface area contributed by atoms with Gasteiger partial charge in [-0.3, -0.25) is 4.90 Å². The number of benzene rings is 1. The minimum Gasteiger partial charge on any atom is -0.549 e. The van der Waals surface area contributed by atoms with Crippen molar-refractivity contribution in [2.45, 2.75) is 45.7 Å². The second-order valence-electron chi connectivity index (χ2n) is 5.09. The van der Waals surface area contributed by atoms with E-state index in [1.54, 1.807) is 6.92 Å². The summed E-state index contributed by atoms with van der Waals surface area (Å²) < 4.78 is 5.63. The largest absolute Gasteiger partial charge is 2.00 e. The summed E-state index contributed by atoms with van der Waals surface area (Å²) in [6.07, 6.45) is 2.96. The number of rotatable bonds is 5. The summed E-state index contributed by atoms with van der Waals surface area (Å²) in [4.78, 5) is 2.39. The van der Waals surface area contributed by atoms with Gasteiger partial charge in [-0.2, -0.15) is 13.0 Å². The molecule has 1 aromatic carbocycles. The van der Waals surface area contributed by atoms with Crippen LogP contribution in [-0.4, -0.2) is 35.8 Å². The molecule has 22 heavy (non-hydrogen) atoms. The van der Waals surface area contributed by atoms with Crippen LogP contribution < -0.4 is 0 Å². The normalized spacial score (nSPS) is 20.5. The number of hydrogen-bond acceptors (Lipinski definition) is 3. The van der Waals surface area contributed by atoms with Gasteiger partial charge in [-0.25, -0.2) is 0 Å². The Hall–Kier alpha value is 0.152. The van der Waals surface area contributed by atoms with Crippen molar-refractivity contribution in [1.82, 2.24) is 4.90 Å². The Morgan fingerprint density at radius 1 is 1.36 bits per heavy atom. The first kappa shape index (κ1) is 22.2. The van der Waals surface area contributed by atoms with Crippen molar-refractivity contribution in [3.8, 4) is 0 Å². The molecule has 1 aliphatic rings. The molecular weight excluding hydrogens is 500 g/mol. The van der Waals surface area contributed by atoms with Crippen molar-refractivity contribution in [2.24, 2.45) is 0 Å². The van der Waals surface area contributed by atoms with E-state index in [2.05, 4.69) is 43.0 Å². The molecule has 0 bridgehead atoms. The Kier molecular flexibility index (Phi) is 12.6. The van der Waals surface area contributed by atoms with Crippen LogP contribution in [0.2, 0.25) is 0 Å². The van der Waals surface area contributed by atoms with Crippen LogP contribution >= 0.6 is 0 Å². The van der Waals surface area contributed by atoms with E-state index in [-0.39, 0.29) is 43.8 Å². The zero-order valence-electron chi connectivity index (χ0n) is 14.1. The average Bonchev–Trinajstić information content (AvgIpc) is 2.57. The fourth-order valence-electron chi connectivity index (χ4n) is 2.86. The SMILES string of the molecule is CCO[C-]1CCN([C@H](C)c2ccccc2)[C@H](CO)C1.[CH2-]C.[U+2]. The van der Waals surface area contributed by atoms with E-state index in [0.29, 0.717) is 6.04 Å². The number of piperidine rings is 1. The van der Waals surface area contributed by atoms with Gasteiger partial charge in [0.1, 0.15) is 0 Å². The van der Waals surface area contributed by atoms with Crippen molar-refractivity contribution in [1.29, 1.82) is 0 Å². The van der Waals surface area contributed by atoms with E-state index >= 15 is 0 Å². The van der Waals surface area contributed by atoms with Gasteiger partial charge in [0.25, 0.3) is 0 Å². The molecule has 2 rings (SSSR count). The van der Waals surface area contributed by atoms with Crippen LogP contribution in [0.3, 0.4) is 0 Å². The molecule has 2 atom stereocenters. The Morgan fingerprint density at radius 3 is 2.55 bits per heavy atom. The Balaban J connectivity index is 0.00000141. The molecule has 0 aromatic heterocycles. The maximum absolute atomic E-state index is 9.63. The zero-order valence-corrected chi connectivity index (χ0v) is 18.3. The Labute approximate surface area is 159 Å². The van der Waals surface area contributed by atoms with Gasteiger partial charge in [-0.15, -0.1) is 12.8 Å². The first-order valence-electron chi connectivity index (χ1n) is 7.86. The molecule has 122 valence electrons. The molecule has 3 nitrogen and oxygen atoms in total. The molecule has 0 radical (unpaired) electrons. The summed E-state index contributed by atoms with van der Waals surface area (Å²) in [5, 5.41) is 9.63. The maximum atomic E-state index is 9.63. The second kappa shape index (κ2) is 12.6. The van der Waals surface area contributed by atoms with Crippen LogP contribution in [0, 0.1) is 44.1 Å². The van der Waals surface area contributed by atoms with E-state index in [4.69, 9.17) is 4.74 Å². The van der Waals surface area contributed by atoms with Crippen LogP contribution in [0.15, 0.2) is 30.3 Å². The molecule has 0 amide bonds. The molecule has 0 unspecified atom stereocenters. The van der Waals surface area contributed by atoms with Crippen molar-refractivity contribution in [2.75, 3.05) is 19.8 Å². The molecule has 0 saturated carbocycles. The van der Waals surface area contributed by atoms with Crippen molar-refractivity contribution >= 4 is 0 Å². The maximum Gasteiger partial charge on any atom is 2.00 e. The molecule has 1 saturated heterocycles. The summed E-state index contributed by atoms with van der Waals surface area (Å²) in [7, 11) is 0. The van der Waals surface area contributed by atoms with Crippen molar-refractivity contribution < 1.29 is 41.0 Å². The van der Waals surface area contributed by atoms with E-state index < -0.39 is 0 Å². The van der Waals surface area contributed by atoms with Crippen molar-refractivity contribution in [3.05, 3.63) is 48.9 Å². The van der Waals surface area contributed by atoms with E-state index in [1.807, 2.05) is 13.0 Å². The van der Waals surface area contributed by atoms with Gasteiger partial charge >= 0.3 is 31.1 Å². The molecule has 1 aliphatic heterocycles. The third-order valence-electron chi connectivity index (χ3n) is 3.92. The summed E-state index contributed by atoms with van der Waals surface area (Å²) in [6.45, 7) is 11.1. The molecule has 4 heteroatoms. The predicted octanol–water partition coefficient (Wildman–Crippen LogP) is 3.61. The average molecular weight is 529 g/mol. The summed E-state index contributed by atoms with van der Waals surface area (Å²) in [6, 6.07) is 11.0. The van der Waals surface area contributed by atoms with Gasteiger partial charge in [0, 0.05) is 18.7 Å². The van der Waals surface area contributed by atoms with E-state index in [1.165, 1.54) is 5.56 Å². The first-order chi connectivity index (χ1) is 10.3. The summed E-state index contributed by atoms with van der Waals surface area (Å²) in [5.41, 5.74) is 1.31. The van der Waals surface area contributed by atoms with Crippen molar-refractivity contribution in [3.63, 3.8) is 0 Å². The van der Waals surface area contributed by atoms with E-state index in [0.717, 1.165) is 32.1 Å². The molecule has 1 aromatic rings. The zero-order chi connectivity index (χ0) is 15.7. The summed E-state index contributed by atoms with van der Waals surface area (Å²) in [5.74, 6) is 0. The van der Waals surface area contributed by atoms with Gasteiger partial charge in [0.15, 0.2) is 0 Å². The first-order valence-corrected chi connectivity index (χ1v) is 7.86. The standard InChI is InChI=1S/C16H24NO2.C2H5.U/c1-3-19-16-9-10-17(15(11-16)12-18)13(2)14-7-5-4-6-8-14;1-2;/h4-8,13,15,18H,3,9-12H2,1-2H3;1H2,2H3;/q2*-1;+2/t13-,15+;;/m1../s1. The van der Waals surface area contributed by atoms with Crippen LogP contribution in [-0.2, 0) is 4.74 Å². The molecule has 1 fully saturated rings. The fraction of sp³-hybridized carbons (Fsp3) is 0.556. The quantitative estimate of drug-likeness (QED) is 0.592. The monoisotopic (exact) mass is 529 g/mol. The fourth-order valence-corrected chi connectivity index (χ4v) is 2.86. The van der Waals surface area contributed by atoms with Crippen LogP contribution in [0.25, 0.3) is 0 Å². The van der Waals surface area contributed by atoms with Gasteiger partial charge in [0.05, 0.1) is 6.61 Å². The van der Waals surface area contributed by atoms with Gasteiger partial charge in [-0.05, 0) is 26.0 Å². The molecule has 1 heterocycles. The van der Waals surface area contributed by atoms with Crippen LogP contribution in [0.5, 0.6) is 0 Å². The minimum absolute atomic E-state index is 0. The molecule has 1 N–H and O–H groups in total. The number of likely N-dealkylation sites (tertiary alicyclic amines) is 1. The molecule has 0 aliphatic carbocycles. The number of hydrogen-bond donors (Lipinski definition) is 1. The number of nitrogens with zero attached hydrogens (tertiary/aromatic N) is 1. The molecule has 0 spiro atoms. The smallest absolute Gasteiger partial charge is 0.549 e. The number of aliphatic hydroxyl groups is 1. The van der Waals surface area contributed by atoms with Gasteiger partial charge in [0.2, 0.25) is 0 Å². The number of ether oxygens (including phenoxy) is 1. The molecular formula is C18H29NO2U. The third-order valence-corrected chi connectivity index (χ3v) is 3.92. The topological polar surface area (TPSA) is 32.7 Å². The predicted molar refractivity (Wildman–Crippen MR) is 87.6 cm³/mol. The van der Waals surface area contributed by atoms with E-state index in [9.17, 15) is 5.11 Å². The Bertz CT molecular complexity index is 375.